The van der Waals surface area contributed by atoms with Crippen LogP contribution in [0.25, 0.3) is 0 Å². The molecule has 0 fully saturated rings. The van der Waals surface area contributed by atoms with Crippen LogP contribution < -0.4 is 11.1 Å². The Bertz CT molecular complexity index is 373. The van der Waals surface area contributed by atoms with Gasteiger partial charge in [0.2, 0.25) is 0 Å². The minimum atomic E-state index is -0.242. The number of carbonyl (C=O) groups is 1. The van der Waals surface area contributed by atoms with Gasteiger partial charge in [-0.1, -0.05) is 13.8 Å². The molecule has 1 amide bonds. The second-order valence-electron chi connectivity index (χ2n) is 4.52. The molecule has 0 bridgehead atoms. The molecule has 17 heavy (non-hydrogen) atoms. The zero-order valence-electron chi connectivity index (χ0n) is 10.9. The maximum absolute atomic E-state index is 12.1. The van der Waals surface area contributed by atoms with Crippen molar-refractivity contribution in [3.05, 3.63) is 23.7 Å². The maximum Gasteiger partial charge on any atom is 0.255 e. The molecule has 1 atom stereocenters. The van der Waals surface area contributed by atoms with E-state index >= 15 is 0 Å². The fraction of sp³-hybridized carbons (Fsp3) is 0.615. The second-order valence-corrected chi connectivity index (χ2v) is 4.52. The zero-order chi connectivity index (χ0) is 12.9. The van der Waals surface area contributed by atoms with Gasteiger partial charge >= 0.3 is 0 Å². The molecule has 4 heteroatoms. The number of amides is 1. The summed E-state index contributed by atoms with van der Waals surface area (Å²) in [7, 11) is 0. The average Bonchev–Trinajstić information content (AvgIpc) is 2.77. The van der Waals surface area contributed by atoms with Crippen molar-refractivity contribution in [3.63, 3.8) is 0 Å². The van der Waals surface area contributed by atoms with Crippen LogP contribution in [0.2, 0.25) is 0 Å². The van der Waals surface area contributed by atoms with E-state index in [-0.39, 0.29) is 11.4 Å². The van der Waals surface area contributed by atoms with Gasteiger partial charge in [0.05, 0.1) is 11.8 Å². The van der Waals surface area contributed by atoms with E-state index in [4.69, 9.17) is 10.2 Å². The summed E-state index contributed by atoms with van der Waals surface area (Å²) in [5.41, 5.74) is 5.96. The molecule has 1 aromatic rings. The van der Waals surface area contributed by atoms with Gasteiger partial charge in [0.15, 0.2) is 0 Å². The lowest BCUT2D eigenvalue weighted by Gasteiger charge is -2.29. The molecule has 3 N–H and O–H groups in total. The summed E-state index contributed by atoms with van der Waals surface area (Å²) >= 11 is 0. The third-order valence-electron chi connectivity index (χ3n) is 3.20. The van der Waals surface area contributed by atoms with Crippen LogP contribution in [0, 0.1) is 0 Å². The first-order chi connectivity index (χ1) is 8.06. The van der Waals surface area contributed by atoms with Gasteiger partial charge in [0.1, 0.15) is 5.76 Å². The van der Waals surface area contributed by atoms with Crippen molar-refractivity contribution in [1.29, 1.82) is 0 Å². The molecule has 0 spiro atoms. The van der Waals surface area contributed by atoms with Crippen LogP contribution in [0.1, 0.15) is 49.7 Å². The number of furan rings is 1. The standard InChI is InChI=1S/C13H22N2O2/c1-4-11-10(6-9-17-11)12(16)15-13(3,5-2)7-8-14/h6,9H,4-5,7-8,14H2,1-3H3,(H,15,16). The van der Waals surface area contributed by atoms with Crippen molar-refractivity contribution in [2.75, 3.05) is 6.54 Å². The summed E-state index contributed by atoms with van der Waals surface area (Å²) in [5, 5.41) is 3.04. The molecule has 1 heterocycles. The molecular formula is C13H22N2O2. The predicted octanol–water partition coefficient (Wildman–Crippen LogP) is 2.09. The SMILES string of the molecule is CCc1occc1C(=O)NC(C)(CC)CCN. The molecule has 1 rings (SSSR count). The van der Waals surface area contributed by atoms with Crippen LogP contribution in [0.15, 0.2) is 16.7 Å². The van der Waals surface area contributed by atoms with E-state index < -0.39 is 0 Å². The number of aryl methyl sites for hydroxylation is 1. The molecule has 0 saturated carbocycles. The van der Waals surface area contributed by atoms with Crippen LogP contribution in [0.3, 0.4) is 0 Å². The smallest absolute Gasteiger partial charge is 0.255 e. The molecular weight excluding hydrogens is 216 g/mol. The summed E-state index contributed by atoms with van der Waals surface area (Å²) in [6, 6.07) is 1.71. The van der Waals surface area contributed by atoms with E-state index in [1.165, 1.54) is 0 Å². The summed E-state index contributed by atoms with van der Waals surface area (Å²) in [5.74, 6) is 0.655. The summed E-state index contributed by atoms with van der Waals surface area (Å²) in [6.45, 7) is 6.60. The minimum Gasteiger partial charge on any atom is -0.469 e. The van der Waals surface area contributed by atoms with Crippen LogP contribution >= 0.6 is 0 Å². The normalized spacial score (nSPS) is 14.4. The topological polar surface area (TPSA) is 68.3 Å². The Kier molecular flexibility index (Phi) is 4.75. The van der Waals surface area contributed by atoms with Gasteiger partial charge in [-0.05, 0) is 32.4 Å². The van der Waals surface area contributed by atoms with Gasteiger partial charge in [-0.25, -0.2) is 0 Å². The number of hydrogen-bond donors (Lipinski definition) is 2. The lowest BCUT2D eigenvalue weighted by molar-refractivity contribution is 0.0898. The molecule has 0 saturated heterocycles. The third-order valence-corrected chi connectivity index (χ3v) is 3.20. The molecule has 4 nitrogen and oxygen atoms in total. The number of hydrogen-bond acceptors (Lipinski definition) is 3. The Hall–Kier alpha value is -1.29. The van der Waals surface area contributed by atoms with Crippen molar-refractivity contribution in [3.8, 4) is 0 Å². The van der Waals surface area contributed by atoms with Gasteiger partial charge in [0, 0.05) is 12.0 Å². The number of nitrogens with one attached hydrogen (secondary N) is 1. The number of nitrogens with two attached hydrogens (primary N) is 1. The summed E-state index contributed by atoms with van der Waals surface area (Å²) in [4.78, 5) is 12.1. The Morgan fingerprint density at radius 1 is 1.53 bits per heavy atom. The maximum atomic E-state index is 12.1. The Labute approximate surface area is 103 Å². The van der Waals surface area contributed by atoms with E-state index in [1.807, 2.05) is 20.8 Å². The first-order valence-electron chi connectivity index (χ1n) is 6.15. The van der Waals surface area contributed by atoms with Gasteiger partial charge < -0.3 is 15.5 Å². The molecule has 0 radical (unpaired) electrons. The highest BCUT2D eigenvalue weighted by Gasteiger charge is 2.25. The van der Waals surface area contributed by atoms with Crippen molar-refractivity contribution in [2.45, 2.75) is 45.6 Å². The van der Waals surface area contributed by atoms with E-state index in [9.17, 15) is 4.79 Å². The van der Waals surface area contributed by atoms with Gasteiger partial charge in [-0.3, -0.25) is 4.79 Å². The third kappa shape index (κ3) is 3.33. The van der Waals surface area contributed by atoms with Crippen molar-refractivity contribution in [1.82, 2.24) is 5.32 Å². The molecule has 1 aromatic heterocycles. The molecule has 96 valence electrons. The molecule has 0 aromatic carbocycles. The minimum absolute atomic E-state index is 0.0756. The summed E-state index contributed by atoms with van der Waals surface area (Å²) in [6.07, 6.45) is 3.90. The van der Waals surface area contributed by atoms with Crippen molar-refractivity contribution >= 4 is 5.91 Å². The Morgan fingerprint density at radius 2 is 2.24 bits per heavy atom. The fourth-order valence-corrected chi connectivity index (χ4v) is 1.80. The second kappa shape index (κ2) is 5.87. The van der Waals surface area contributed by atoms with Gasteiger partial charge in [-0.15, -0.1) is 0 Å². The molecule has 0 aliphatic rings. The zero-order valence-corrected chi connectivity index (χ0v) is 10.9. The van der Waals surface area contributed by atoms with Crippen molar-refractivity contribution < 1.29 is 9.21 Å². The van der Waals surface area contributed by atoms with E-state index in [0.717, 1.165) is 25.0 Å². The van der Waals surface area contributed by atoms with E-state index in [1.54, 1.807) is 12.3 Å². The van der Waals surface area contributed by atoms with E-state index in [2.05, 4.69) is 5.32 Å². The Balaban J connectivity index is 2.77. The van der Waals surface area contributed by atoms with Gasteiger partial charge in [-0.2, -0.15) is 0 Å². The highest BCUT2D eigenvalue weighted by molar-refractivity contribution is 5.95. The molecule has 0 aliphatic heterocycles. The predicted molar refractivity (Wildman–Crippen MR) is 67.9 cm³/mol. The number of carbonyl (C=O) groups excluding carboxylic acids is 1. The first-order valence-corrected chi connectivity index (χ1v) is 6.15. The number of rotatable bonds is 6. The summed E-state index contributed by atoms with van der Waals surface area (Å²) < 4.78 is 5.26. The van der Waals surface area contributed by atoms with Crippen LogP contribution in [0.4, 0.5) is 0 Å². The first kappa shape index (κ1) is 13.8. The lowest BCUT2D eigenvalue weighted by Crippen LogP contribution is -2.46. The largest absolute Gasteiger partial charge is 0.469 e. The fourth-order valence-electron chi connectivity index (χ4n) is 1.80. The van der Waals surface area contributed by atoms with Gasteiger partial charge in [0.25, 0.3) is 5.91 Å². The molecule has 1 unspecified atom stereocenters. The Morgan fingerprint density at radius 3 is 2.76 bits per heavy atom. The van der Waals surface area contributed by atoms with Crippen LogP contribution in [-0.4, -0.2) is 18.0 Å². The van der Waals surface area contributed by atoms with Crippen LogP contribution in [-0.2, 0) is 6.42 Å². The molecule has 0 aliphatic carbocycles. The highest BCUT2D eigenvalue weighted by atomic mass is 16.3. The highest BCUT2D eigenvalue weighted by Crippen LogP contribution is 2.17. The van der Waals surface area contributed by atoms with Crippen LogP contribution in [0.5, 0.6) is 0 Å². The van der Waals surface area contributed by atoms with Crippen molar-refractivity contribution in [2.24, 2.45) is 5.73 Å². The van der Waals surface area contributed by atoms with E-state index in [0.29, 0.717) is 12.1 Å². The monoisotopic (exact) mass is 238 g/mol. The average molecular weight is 238 g/mol. The lowest BCUT2D eigenvalue weighted by atomic mass is 9.94. The quantitative estimate of drug-likeness (QED) is 0.797.